The first-order valence-corrected chi connectivity index (χ1v) is 7.77. The van der Waals surface area contributed by atoms with E-state index in [2.05, 4.69) is 48.7 Å². The predicted octanol–water partition coefficient (Wildman–Crippen LogP) is 2.68. The van der Waals surface area contributed by atoms with E-state index in [1.165, 1.54) is 4.88 Å². The third-order valence-corrected chi connectivity index (χ3v) is 4.15. The van der Waals surface area contributed by atoms with E-state index in [4.69, 9.17) is 0 Å². The van der Waals surface area contributed by atoms with E-state index in [-0.39, 0.29) is 11.5 Å². The van der Waals surface area contributed by atoms with Gasteiger partial charge in [0.05, 0.1) is 12.6 Å². The van der Waals surface area contributed by atoms with Crippen molar-refractivity contribution in [3.05, 3.63) is 40.8 Å². The summed E-state index contributed by atoms with van der Waals surface area (Å²) in [5.74, 6) is 0. The van der Waals surface area contributed by atoms with Crippen LogP contribution in [0.5, 0.6) is 0 Å². The SMILES string of the molecule is CC(C)(C)C(NCC(O)Cn1cccn1)c1cccs1. The van der Waals surface area contributed by atoms with Crippen molar-refractivity contribution in [2.75, 3.05) is 6.54 Å². The third kappa shape index (κ3) is 4.16. The summed E-state index contributed by atoms with van der Waals surface area (Å²) in [5.41, 5.74) is 0.107. The van der Waals surface area contributed by atoms with Gasteiger partial charge in [0.2, 0.25) is 0 Å². The Bertz CT molecular complexity index is 488. The van der Waals surface area contributed by atoms with Crippen LogP contribution >= 0.6 is 11.3 Å². The second-order valence-electron chi connectivity index (χ2n) is 6.10. The highest BCUT2D eigenvalue weighted by atomic mass is 32.1. The highest BCUT2D eigenvalue weighted by Crippen LogP contribution is 2.34. The first-order valence-electron chi connectivity index (χ1n) is 6.89. The van der Waals surface area contributed by atoms with Gasteiger partial charge in [-0.15, -0.1) is 11.3 Å². The van der Waals surface area contributed by atoms with Crippen LogP contribution in [0.3, 0.4) is 0 Å². The van der Waals surface area contributed by atoms with Crippen LogP contribution in [-0.2, 0) is 6.54 Å². The lowest BCUT2D eigenvalue weighted by Crippen LogP contribution is -2.38. The molecular formula is C15H23N3OS. The minimum atomic E-state index is -0.445. The van der Waals surface area contributed by atoms with E-state index in [0.29, 0.717) is 13.1 Å². The summed E-state index contributed by atoms with van der Waals surface area (Å²) < 4.78 is 1.75. The number of aliphatic hydroxyl groups excluding tert-OH is 1. The molecule has 2 N–H and O–H groups in total. The molecule has 0 radical (unpaired) electrons. The number of hydrogen-bond acceptors (Lipinski definition) is 4. The van der Waals surface area contributed by atoms with Crippen molar-refractivity contribution < 1.29 is 5.11 Å². The van der Waals surface area contributed by atoms with Crippen molar-refractivity contribution in [1.82, 2.24) is 15.1 Å². The van der Waals surface area contributed by atoms with Gasteiger partial charge in [0.1, 0.15) is 0 Å². The maximum absolute atomic E-state index is 10.1. The molecule has 0 aromatic carbocycles. The molecule has 0 spiro atoms. The number of nitrogens with one attached hydrogen (secondary N) is 1. The fourth-order valence-corrected chi connectivity index (χ4v) is 3.28. The molecule has 2 aromatic rings. The molecule has 0 fully saturated rings. The fourth-order valence-electron chi connectivity index (χ4n) is 2.23. The zero-order valence-electron chi connectivity index (χ0n) is 12.3. The van der Waals surface area contributed by atoms with E-state index >= 15 is 0 Å². The molecule has 4 nitrogen and oxygen atoms in total. The van der Waals surface area contributed by atoms with E-state index in [0.717, 1.165) is 0 Å². The molecule has 110 valence electrons. The molecule has 2 aromatic heterocycles. The van der Waals surface area contributed by atoms with Crippen molar-refractivity contribution in [2.24, 2.45) is 5.41 Å². The lowest BCUT2D eigenvalue weighted by atomic mass is 9.85. The summed E-state index contributed by atoms with van der Waals surface area (Å²) in [6.45, 7) is 7.71. The Labute approximate surface area is 124 Å². The lowest BCUT2D eigenvalue weighted by Gasteiger charge is -2.31. The Morgan fingerprint density at radius 1 is 1.40 bits per heavy atom. The van der Waals surface area contributed by atoms with Gasteiger partial charge in [0, 0.05) is 29.9 Å². The van der Waals surface area contributed by atoms with Crippen LogP contribution in [0.1, 0.15) is 31.7 Å². The molecule has 0 aliphatic carbocycles. The van der Waals surface area contributed by atoms with Gasteiger partial charge in [-0.2, -0.15) is 5.10 Å². The Balaban J connectivity index is 1.92. The molecule has 20 heavy (non-hydrogen) atoms. The summed E-state index contributed by atoms with van der Waals surface area (Å²) in [6, 6.07) is 6.33. The first kappa shape index (κ1) is 15.2. The number of rotatable bonds is 6. The standard InChI is InChI=1S/C15H23N3OS/c1-15(2,3)14(13-6-4-9-20-13)16-10-12(19)11-18-8-5-7-17-18/h4-9,12,14,16,19H,10-11H2,1-3H3. The van der Waals surface area contributed by atoms with Gasteiger partial charge in [0.25, 0.3) is 0 Å². The number of hydrogen-bond donors (Lipinski definition) is 2. The molecule has 2 heterocycles. The molecule has 0 aliphatic rings. The highest BCUT2D eigenvalue weighted by Gasteiger charge is 2.27. The molecule has 2 rings (SSSR count). The van der Waals surface area contributed by atoms with Crippen LogP contribution in [-0.4, -0.2) is 27.5 Å². The summed E-state index contributed by atoms with van der Waals surface area (Å²) in [7, 11) is 0. The van der Waals surface area contributed by atoms with Gasteiger partial charge >= 0.3 is 0 Å². The molecule has 0 amide bonds. The Kier molecular flexibility index (Phi) is 4.96. The van der Waals surface area contributed by atoms with Crippen molar-refractivity contribution in [2.45, 2.75) is 39.5 Å². The van der Waals surface area contributed by atoms with Crippen LogP contribution in [0.2, 0.25) is 0 Å². The molecule has 5 heteroatoms. The number of nitrogens with zero attached hydrogens (tertiary/aromatic N) is 2. The summed E-state index contributed by atoms with van der Waals surface area (Å²) in [4.78, 5) is 1.31. The quantitative estimate of drug-likeness (QED) is 0.861. The van der Waals surface area contributed by atoms with Crippen LogP contribution in [0.25, 0.3) is 0 Å². The van der Waals surface area contributed by atoms with Crippen LogP contribution in [0.15, 0.2) is 36.0 Å². The Hall–Kier alpha value is -1.17. The minimum absolute atomic E-state index is 0.107. The third-order valence-electron chi connectivity index (χ3n) is 3.21. The molecule has 2 unspecified atom stereocenters. The topological polar surface area (TPSA) is 50.1 Å². The van der Waals surface area contributed by atoms with Crippen LogP contribution < -0.4 is 5.32 Å². The molecule has 0 saturated carbocycles. The summed E-state index contributed by atoms with van der Waals surface area (Å²) >= 11 is 1.75. The second-order valence-corrected chi connectivity index (χ2v) is 7.08. The summed E-state index contributed by atoms with van der Waals surface area (Å²) in [6.07, 6.45) is 3.15. The molecular weight excluding hydrogens is 270 g/mol. The monoisotopic (exact) mass is 293 g/mol. The number of aliphatic hydroxyl groups is 1. The molecule has 0 bridgehead atoms. The van der Waals surface area contributed by atoms with Crippen molar-refractivity contribution in [3.63, 3.8) is 0 Å². The average molecular weight is 293 g/mol. The zero-order chi connectivity index (χ0) is 14.6. The van der Waals surface area contributed by atoms with Gasteiger partial charge in [-0.1, -0.05) is 26.8 Å². The average Bonchev–Trinajstić information content (AvgIpc) is 3.00. The minimum Gasteiger partial charge on any atom is -0.390 e. The smallest absolute Gasteiger partial charge is 0.0860 e. The normalized spacial score (nSPS) is 15.2. The van der Waals surface area contributed by atoms with Crippen molar-refractivity contribution in [3.8, 4) is 0 Å². The first-order chi connectivity index (χ1) is 9.47. The van der Waals surface area contributed by atoms with Crippen molar-refractivity contribution in [1.29, 1.82) is 0 Å². The van der Waals surface area contributed by atoms with E-state index < -0.39 is 6.10 Å². The van der Waals surface area contributed by atoms with Crippen LogP contribution in [0.4, 0.5) is 0 Å². The highest BCUT2D eigenvalue weighted by molar-refractivity contribution is 7.10. The summed E-state index contributed by atoms with van der Waals surface area (Å²) in [5, 5.41) is 19.8. The maximum Gasteiger partial charge on any atom is 0.0860 e. The van der Waals surface area contributed by atoms with Gasteiger partial charge in [-0.3, -0.25) is 4.68 Å². The van der Waals surface area contributed by atoms with E-state index in [1.54, 1.807) is 22.2 Å². The Morgan fingerprint density at radius 3 is 2.75 bits per heavy atom. The predicted molar refractivity (Wildman–Crippen MR) is 82.8 cm³/mol. The van der Waals surface area contributed by atoms with Gasteiger partial charge in [-0.05, 0) is 22.9 Å². The van der Waals surface area contributed by atoms with Gasteiger partial charge in [0.15, 0.2) is 0 Å². The molecule has 0 aliphatic heterocycles. The number of aromatic nitrogens is 2. The second kappa shape index (κ2) is 6.52. The Morgan fingerprint density at radius 2 is 2.20 bits per heavy atom. The van der Waals surface area contributed by atoms with Gasteiger partial charge < -0.3 is 10.4 Å². The molecule has 0 saturated heterocycles. The largest absolute Gasteiger partial charge is 0.390 e. The van der Waals surface area contributed by atoms with Gasteiger partial charge in [-0.25, -0.2) is 0 Å². The van der Waals surface area contributed by atoms with Crippen LogP contribution in [0, 0.1) is 5.41 Å². The van der Waals surface area contributed by atoms with Crippen molar-refractivity contribution >= 4 is 11.3 Å². The fraction of sp³-hybridized carbons (Fsp3) is 0.533. The zero-order valence-corrected chi connectivity index (χ0v) is 13.1. The molecule has 2 atom stereocenters. The number of thiophene rings is 1. The lowest BCUT2D eigenvalue weighted by molar-refractivity contribution is 0.132. The van der Waals surface area contributed by atoms with E-state index in [1.807, 2.05) is 12.3 Å². The maximum atomic E-state index is 10.1. The van der Waals surface area contributed by atoms with E-state index in [9.17, 15) is 5.11 Å².